The molecule has 0 aliphatic carbocycles. The molecule has 84 valence electrons. The van der Waals surface area contributed by atoms with Crippen LogP contribution in [0.25, 0.3) is 0 Å². The minimum Gasteiger partial charge on any atom is -0.478 e. The van der Waals surface area contributed by atoms with Gasteiger partial charge in [0.2, 0.25) is 0 Å². The Balaban J connectivity index is 2.41. The molecule has 1 N–H and O–H groups in total. The minimum absolute atomic E-state index is 0.113. The standard InChI is InChI=1S/C9H9N3O3S/c1-11-7(6(4-10-11)8(13)14)5-12-2-3-16-9(12)15/h2-4H,5H2,1H3,(H,13,14). The molecule has 2 rings (SSSR count). The quantitative estimate of drug-likeness (QED) is 0.840. The van der Waals surface area contributed by atoms with E-state index >= 15 is 0 Å². The fraction of sp³-hybridized carbons (Fsp3) is 0.222. The van der Waals surface area contributed by atoms with Crippen LogP contribution in [-0.4, -0.2) is 25.4 Å². The predicted molar refractivity (Wildman–Crippen MR) is 57.8 cm³/mol. The molecule has 0 aliphatic rings. The van der Waals surface area contributed by atoms with E-state index in [1.54, 1.807) is 18.6 Å². The molecule has 0 aliphatic heterocycles. The molecule has 0 unspecified atom stereocenters. The van der Waals surface area contributed by atoms with E-state index in [9.17, 15) is 9.59 Å². The lowest BCUT2D eigenvalue weighted by atomic mass is 10.2. The molecule has 2 aromatic heterocycles. The van der Waals surface area contributed by atoms with Crippen LogP contribution in [0.4, 0.5) is 0 Å². The number of nitrogens with zero attached hydrogens (tertiary/aromatic N) is 3. The van der Waals surface area contributed by atoms with Crippen LogP contribution in [0.15, 0.2) is 22.6 Å². The number of carboxylic acids is 1. The zero-order chi connectivity index (χ0) is 11.7. The number of rotatable bonds is 3. The molecular weight excluding hydrogens is 230 g/mol. The molecule has 0 saturated heterocycles. The van der Waals surface area contributed by atoms with Crippen molar-refractivity contribution in [1.82, 2.24) is 14.3 Å². The summed E-state index contributed by atoms with van der Waals surface area (Å²) in [4.78, 5) is 22.1. The molecule has 6 nitrogen and oxygen atoms in total. The summed E-state index contributed by atoms with van der Waals surface area (Å²) < 4.78 is 2.92. The van der Waals surface area contributed by atoms with Crippen molar-refractivity contribution in [1.29, 1.82) is 0 Å². The second kappa shape index (κ2) is 3.93. The Bertz CT molecular complexity index is 581. The SMILES string of the molecule is Cn1ncc(C(=O)O)c1Cn1ccsc1=O. The molecule has 0 aromatic carbocycles. The first-order valence-electron chi connectivity index (χ1n) is 4.47. The van der Waals surface area contributed by atoms with Gasteiger partial charge in [0.1, 0.15) is 5.56 Å². The van der Waals surface area contributed by atoms with Gasteiger partial charge in [-0.3, -0.25) is 14.0 Å². The summed E-state index contributed by atoms with van der Waals surface area (Å²) in [6, 6.07) is 0. The molecule has 2 aromatic rings. The lowest BCUT2D eigenvalue weighted by molar-refractivity contribution is 0.0695. The number of aromatic nitrogens is 3. The third-order valence-corrected chi connectivity index (χ3v) is 2.95. The third-order valence-electron chi connectivity index (χ3n) is 2.26. The van der Waals surface area contributed by atoms with Crippen LogP contribution >= 0.6 is 11.3 Å². The van der Waals surface area contributed by atoms with Gasteiger partial charge >= 0.3 is 10.8 Å². The number of aromatic carboxylic acids is 1. The van der Waals surface area contributed by atoms with Crippen LogP contribution in [-0.2, 0) is 13.6 Å². The highest BCUT2D eigenvalue weighted by Gasteiger charge is 2.15. The van der Waals surface area contributed by atoms with Crippen molar-refractivity contribution >= 4 is 17.3 Å². The van der Waals surface area contributed by atoms with Crippen molar-refractivity contribution in [3.05, 3.63) is 38.7 Å². The Hall–Kier alpha value is -1.89. The van der Waals surface area contributed by atoms with Gasteiger partial charge < -0.3 is 5.11 Å². The summed E-state index contributed by atoms with van der Waals surface area (Å²) in [7, 11) is 1.65. The Morgan fingerprint density at radius 2 is 2.38 bits per heavy atom. The molecule has 0 amide bonds. The van der Waals surface area contributed by atoms with E-state index in [-0.39, 0.29) is 17.0 Å². The molecule has 16 heavy (non-hydrogen) atoms. The number of thiazole rings is 1. The highest BCUT2D eigenvalue weighted by Crippen LogP contribution is 2.09. The van der Waals surface area contributed by atoms with E-state index < -0.39 is 5.97 Å². The second-order valence-electron chi connectivity index (χ2n) is 3.23. The van der Waals surface area contributed by atoms with Gasteiger partial charge in [-0.25, -0.2) is 4.79 Å². The number of hydrogen-bond acceptors (Lipinski definition) is 4. The molecule has 2 heterocycles. The van der Waals surface area contributed by atoms with Crippen LogP contribution < -0.4 is 4.87 Å². The maximum atomic E-state index is 11.3. The van der Waals surface area contributed by atoms with E-state index in [1.807, 2.05) is 0 Å². The van der Waals surface area contributed by atoms with Gasteiger partial charge in [-0.15, -0.1) is 0 Å². The van der Waals surface area contributed by atoms with Crippen LogP contribution in [0.3, 0.4) is 0 Å². The lowest BCUT2D eigenvalue weighted by Gasteiger charge is -2.03. The van der Waals surface area contributed by atoms with E-state index in [0.29, 0.717) is 5.69 Å². The van der Waals surface area contributed by atoms with Gasteiger partial charge in [-0.2, -0.15) is 5.10 Å². The van der Waals surface area contributed by atoms with Gasteiger partial charge in [0.05, 0.1) is 18.4 Å². The van der Waals surface area contributed by atoms with Crippen LogP contribution in [0.2, 0.25) is 0 Å². The highest BCUT2D eigenvalue weighted by atomic mass is 32.1. The maximum Gasteiger partial charge on any atom is 0.339 e. The molecular formula is C9H9N3O3S. The number of carboxylic acid groups (broad SMARTS) is 1. The third kappa shape index (κ3) is 1.76. The summed E-state index contributed by atoms with van der Waals surface area (Å²) in [6.07, 6.45) is 2.92. The Kier molecular flexibility index (Phi) is 2.61. The highest BCUT2D eigenvalue weighted by molar-refractivity contribution is 7.07. The molecule has 0 atom stereocenters. The number of hydrogen-bond donors (Lipinski definition) is 1. The monoisotopic (exact) mass is 239 g/mol. The molecule has 0 bridgehead atoms. The number of aryl methyl sites for hydroxylation is 1. The normalized spacial score (nSPS) is 10.6. The first-order valence-corrected chi connectivity index (χ1v) is 5.35. The largest absolute Gasteiger partial charge is 0.478 e. The lowest BCUT2D eigenvalue weighted by Crippen LogP contribution is -2.17. The summed E-state index contributed by atoms with van der Waals surface area (Å²) in [5, 5.41) is 14.5. The first-order chi connectivity index (χ1) is 7.59. The van der Waals surface area contributed by atoms with E-state index in [4.69, 9.17) is 5.11 Å². The molecule has 0 spiro atoms. The topological polar surface area (TPSA) is 77.1 Å². The average Bonchev–Trinajstić information content (AvgIpc) is 2.76. The van der Waals surface area contributed by atoms with Crippen molar-refractivity contribution in [2.75, 3.05) is 0 Å². The van der Waals surface area contributed by atoms with Crippen molar-refractivity contribution in [2.45, 2.75) is 6.54 Å². The van der Waals surface area contributed by atoms with Crippen molar-refractivity contribution in [3.8, 4) is 0 Å². The zero-order valence-electron chi connectivity index (χ0n) is 8.45. The van der Waals surface area contributed by atoms with Gasteiger partial charge in [0.25, 0.3) is 0 Å². The minimum atomic E-state index is -1.04. The molecule has 0 saturated carbocycles. The van der Waals surface area contributed by atoms with Crippen LogP contribution in [0, 0.1) is 0 Å². The molecule has 0 radical (unpaired) electrons. The summed E-state index contributed by atoms with van der Waals surface area (Å²) in [6.45, 7) is 0.223. The maximum absolute atomic E-state index is 11.3. The predicted octanol–water partition coefficient (Wildman–Crippen LogP) is 0.390. The average molecular weight is 239 g/mol. The summed E-state index contributed by atoms with van der Waals surface area (Å²) >= 11 is 1.08. The Morgan fingerprint density at radius 3 is 2.94 bits per heavy atom. The van der Waals surface area contributed by atoms with Gasteiger partial charge in [0, 0.05) is 18.6 Å². The fourth-order valence-electron chi connectivity index (χ4n) is 1.40. The summed E-state index contributed by atoms with van der Waals surface area (Å²) in [5.74, 6) is -1.04. The van der Waals surface area contributed by atoms with Crippen LogP contribution in [0.5, 0.6) is 0 Å². The zero-order valence-corrected chi connectivity index (χ0v) is 9.27. The van der Waals surface area contributed by atoms with Crippen molar-refractivity contribution < 1.29 is 9.90 Å². The van der Waals surface area contributed by atoms with Crippen LogP contribution in [0.1, 0.15) is 16.1 Å². The second-order valence-corrected chi connectivity index (χ2v) is 4.09. The smallest absolute Gasteiger partial charge is 0.339 e. The van der Waals surface area contributed by atoms with E-state index in [1.165, 1.54) is 15.4 Å². The van der Waals surface area contributed by atoms with Gasteiger partial charge in [-0.05, 0) is 0 Å². The van der Waals surface area contributed by atoms with Gasteiger partial charge in [-0.1, -0.05) is 11.3 Å². The van der Waals surface area contributed by atoms with E-state index in [2.05, 4.69) is 5.10 Å². The Morgan fingerprint density at radius 1 is 1.62 bits per heavy atom. The Labute approximate surface area is 94.4 Å². The molecule has 0 fully saturated rings. The summed E-state index contributed by atoms with van der Waals surface area (Å²) in [5.41, 5.74) is 0.633. The first kappa shape index (κ1) is 10.6. The fourth-order valence-corrected chi connectivity index (χ4v) is 1.98. The molecule has 7 heteroatoms. The van der Waals surface area contributed by atoms with E-state index in [0.717, 1.165) is 11.3 Å². The van der Waals surface area contributed by atoms with Crippen molar-refractivity contribution in [3.63, 3.8) is 0 Å². The number of carbonyl (C=O) groups is 1. The van der Waals surface area contributed by atoms with Crippen molar-refractivity contribution in [2.24, 2.45) is 7.05 Å². The van der Waals surface area contributed by atoms with Gasteiger partial charge in [0.15, 0.2) is 0 Å².